The zero-order valence-electron chi connectivity index (χ0n) is 11.9. The highest BCUT2D eigenvalue weighted by Crippen LogP contribution is 2.20. The molecule has 0 saturated carbocycles. The van der Waals surface area contributed by atoms with E-state index in [1.165, 1.54) is 18.5 Å². The number of methoxy groups -OCH3 is 1. The highest BCUT2D eigenvalue weighted by molar-refractivity contribution is 5.14. The van der Waals surface area contributed by atoms with Gasteiger partial charge in [0.25, 0.3) is 0 Å². The fourth-order valence-electron chi connectivity index (χ4n) is 2.99. The molecule has 0 aliphatic carbocycles. The van der Waals surface area contributed by atoms with E-state index in [2.05, 4.69) is 35.2 Å². The molecule has 1 aliphatic heterocycles. The van der Waals surface area contributed by atoms with Gasteiger partial charge in [0, 0.05) is 26.2 Å². The third-order valence-corrected chi connectivity index (χ3v) is 4.12. The molecule has 2 N–H and O–H groups in total. The maximum atomic E-state index is 5.96. The van der Waals surface area contributed by atoms with E-state index in [0.29, 0.717) is 12.0 Å². The third-order valence-electron chi connectivity index (χ3n) is 4.12. The van der Waals surface area contributed by atoms with Crippen LogP contribution in [0.2, 0.25) is 0 Å². The van der Waals surface area contributed by atoms with Crippen LogP contribution in [-0.4, -0.2) is 44.3 Å². The van der Waals surface area contributed by atoms with Crippen LogP contribution in [0.4, 0.5) is 0 Å². The average Bonchev–Trinajstić information content (AvgIpc) is 2.90. The summed E-state index contributed by atoms with van der Waals surface area (Å²) in [4.78, 5) is 2.55. The average molecular weight is 262 g/mol. The van der Waals surface area contributed by atoms with Crippen LogP contribution in [0.3, 0.4) is 0 Å². The standard InChI is InChI=1S/C16H26N2O/c1-19-13-15-9-10-18(12-15)16(11-17)8-7-14-5-3-2-4-6-14/h2-6,15-16H,7-13,17H2,1H3. The summed E-state index contributed by atoms with van der Waals surface area (Å²) in [5, 5.41) is 0. The largest absolute Gasteiger partial charge is 0.384 e. The fraction of sp³-hybridized carbons (Fsp3) is 0.625. The number of hydrogen-bond donors (Lipinski definition) is 1. The summed E-state index contributed by atoms with van der Waals surface area (Å²) in [5.41, 5.74) is 7.37. The van der Waals surface area contributed by atoms with E-state index in [4.69, 9.17) is 10.5 Å². The van der Waals surface area contributed by atoms with Gasteiger partial charge in [-0.15, -0.1) is 0 Å². The SMILES string of the molecule is COCC1CCN(C(CN)CCc2ccccc2)C1. The first-order valence-electron chi connectivity index (χ1n) is 7.30. The van der Waals surface area contributed by atoms with E-state index in [1.54, 1.807) is 7.11 Å². The molecule has 2 unspecified atom stereocenters. The second-order valence-electron chi connectivity index (χ2n) is 5.52. The predicted molar refractivity (Wildman–Crippen MR) is 79.2 cm³/mol. The minimum atomic E-state index is 0.516. The van der Waals surface area contributed by atoms with Gasteiger partial charge in [-0.05, 0) is 37.3 Å². The lowest BCUT2D eigenvalue weighted by Gasteiger charge is -2.26. The smallest absolute Gasteiger partial charge is 0.0503 e. The number of benzene rings is 1. The van der Waals surface area contributed by atoms with Crippen LogP contribution in [0.1, 0.15) is 18.4 Å². The van der Waals surface area contributed by atoms with Crippen LogP contribution in [0.15, 0.2) is 30.3 Å². The van der Waals surface area contributed by atoms with Gasteiger partial charge in [0.15, 0.2) is 0 Å². The van der Waals surface area contributed by atoms with Crippen molar-refractivity contribution in [1.82, 2.24) is 4.90 Å². The molecule has 0 amide bonds. The lowest BCUT2D eigenvalue weighted by atomic mass is 10.0. The van der Waals surface area contributed by atoms with Crippen LogP contribution < -0.4 is 5.73 Å². The van der Waals surface area contributed by atoms with Crippen molar-refractivity contribution >= 4 is 0 Å². The molecule has 3 nitrogen and oxygen atoms in total. The molecule has 1 heterocycles. The predicted octanol–water partition coefficient (Wildman–Crippen LogP) is 1.91. The van der Waals surface area contributed by atoms with E-state index < -0.39 is 0 Å². The van der Waals surface area contributed by atoms with Gasteiger partial charge in [0.1, 0.15) is 0 Å². The van der Waals surface area contributed by atoms with Gasteiger partial charge in [-0.3, -0.25) is 4.90 Å². The molecule has 1 saturated heterocycles. The first-order chi connectivity index (χ1) is 9.33. The molecule has 19 heavy (non-hydrogen) atoms. The molecular formula is C16H26N2O. The van der Waals surface area contributed by atoms with Crippen molar-refractivity contribution in [3.8, 4) is 0 Å². The van der Waals surface area contributed by atoms with Gasteiger partial charge in [-0.25, -0.2) is 0 Å². The zero-order chi connectivity index (χ0) is 13.5. The number of ether oxygens (including phenoxy) is 1. The van der Waals surface area contributed by atoms with Gasteiger partial charge in [-0.2, -0.15) is 0 Å². The monoisotopic (exact) mass is 262 g/mol. The number of rotatable bonds is 7. The third kappa shape index (κ3) is 4.30. The second-order valence-corrected chi connectivity index (χ2v) is 5.52. The molecule has 0 aromatic heterocycles. The van der Waals surface area contributed by atoms with E-state index in [0.717, 1.165) is 32.5 Å². The van der Waals surface area contributed by atoms with Crippen molar-refractivity contribution in [3.05, 3.63) is 35.9 Å². The minimum absolute atomic E-state index is 0.516. The molecule has 0 radical (unpaired) electrons. The van der Waals surface area contributed by atoms with E-state index in [-0.39, 0.29) is 0 Å². The highest BCUT2D eigenvalue weighted by atomic mass is 16.5. The minimum Gasteiger partial charge on any atom is -0.384 e. The molecule has 106 valence electrons. The Hall–Kier alpha value is -0.900. The molecular weight excluding hydrogens is 236 g/mol. The van der Waals surface area contributed by atoms with Crippen LogP contribution >= 0.6 is 0 Å². The molecule has 0 bridgehead atoms. The van der Waals surface area contributed by atoms with E-state index in [1.807, 2.05) is 0 Å². The Bertz CT molecular complexity index is 355. The normalized spacial score (nSPS) is 21.7. The van der Waals surface area contributed by atoms with Gasteiger partial charge < -0.3 is 10.5 Å². The molecule has 1 aromatic rings. The summed E-state index contributed by atoms with van der Waals surface area (Å²) in [6, 6.07) is 11.2. The van der Waals surface area contributed by atoms with Crippen molar-refractivity contribution in [3.63, 3.8) is 0 Å². The summed E-state index contributed by atoms with van der Waals surface area (Å²) in [7, 11) is 1.79. The van der Waals surface area contributed by atoms with Crippen LogP contribution in [-0.2, 0) is 11.2 Å². The topological polar surface area (TPSA) is 38.5 Å². The summed E-state index contributed by atoms with van der Waals surface area (Å²) < 4.78 is 5.26. The maximum Gasteiger partial charge on any atom is 0.0503 e. The Labute approximate surface area is 116 Å². The van der Waals surface area contributed by atoms with Crippen LogP contribution in [0, 0.1) is 5.92 Å². The number of hydrogen-bond acceptors (Lipinski definition) is 3. The Balaban J connectivity index is 1.80. The van der Waals surface area contributed by atoms with E-state index >= 15 is 0 Å². The van der Waals surface area contributed by atoms with Gasteiger partial charge in [0.2, 0.25) is 0 Å². The maximum absolute atomic E-state index is 5.96. The van der Waals surface area contributed by atoms with Crippen molar-refractivity contribution in [1.29, 1.82) is 0 Å². The first kappa shape index (κ1) is 14.5. The van der Waals surface area contributed by atoms with Gasteiger partial charge in [0.05, 0.1) is 6.61 Å². The summed E-state index contributed by atoms with van der Waals surface area (Å²) in [6.07, 6.45) is 3.52. The highest BCUT2D eigenvalue weighted by Gasteiger charge is 2.27. The molecule has 3 heteroatoms. The molecule has 1 aliphatic rings. The Morgan fingerprint density at radius 2 is 2.16 bits per heavy atom. The number of aryl methyl sites for hydroxylation is 1. The van der Waals surface area contributed by atoms with E-state index in [9.17, 15) is 0 Å². The number of nitrogens with two attached hydrogens (primary N) is 1. The summed E-state index contributed by atoms with van der Waals surface area (Å²) in [5.74, 6) is 0.691. The van der Waals surface area contributed by atoms with Crippen LogP contribution in [0.25, 0.3) is 0 Å². The van der Waals surface area contributed by atoms with Crippen LogP contribution in [0.5, 0.6) is 0 Å². The zero-order valence-corrected chi connectivity index (χ0v) is 11.9. The summed E-state index contributed by atoms with van der Waals surface area (Å²) in [6.45, 7) is 3.95. The Morgan fingerprint density at radius 3 is 2.84 bits per heavy atom. The molecule has 0 spiro atoms. The molecule has 1 aromatic carbocycles. The summed E-state index contributed by atoms with van der Waals surface area (Å²) >= 11 is 0. The Kier molecular flexibility index (Phi) is 5.83. The van der Waals surface area contributed by atoms with Crippen molar-refractivity contribution in [2.75, 3.05) is 33.4 Å². The lowest BCUT2D eigenvalue weighted by Crippen LogP contribution is -2.39. The number of likely N-dealkylation sites (tertiary alicyclic amines) is 1. The fourth-order valence-corrected chi connectivity index (χ4v) is 2.99. The molecule has 1 fully saturated rings. The van der Waals surface area contributed by atoms with Gasteiger partial charge in [-0.1, -0.05) is 30.3 Å². The first-order valence-corrected chi connectivity index (χ1v) is 7.30. The van der Waals surface area contributed by atoms with Crippen molar-refractivity contribution in [2.45, 2.75) is 25.3 Å². The number of nitrogens with zero attached hydrogens (tertiary/aromatic N) is 1. The lowest BCUT2D eigenvalue weighted by molar-refractivity contribution is 0.146. The Morgan fingerprint density at radius 1 is 1.37 bits per heavy atom. The van der Waals surface area contributed by atoms with Crippen molar-refractivity contribution in [2.24, 2.45) is 11.7 Å². The molecule has 2 atom stereocenters. The molecule has 2 rings (SSSR count). The van der Waals surface area contributed by atoms with Gasteiger partial charge >= 0.3 is 0 Å². The van der Waals surface area contributed by atoms with Crippen molar-refractivity contribution < 1.29 is 4.74 Å². The second kappa shape index (κ2) is 7.63. The quantitative estimate of drug-likeness (QED) is 0.816.